The first-order valence-corrected chi connectivity index (χ1v) is 7.20. The lowest BCUT2D eigenvalue weighted by Crippen LogP contribution is -2.02. The van der Waals surface area contributed by atoms with Gasteiger partial charge in [0.05, 0.1) is 22.5 Å². The molecule has 0 radical (unpaired) electrons. The molecule has 0 atom stereocenters. The molecule has 0 unspecified atom stereocenters. The van der Waals surface area contributed by atoms with Crippen LogP contribution in [0.25, 0.3) is 15.7 Å². The standard InChI is InChI=1S/C12H9N3O2S2/c1-7-8(11(16)17)5-13-15(7)12-14-9(6-19-12)10-3-2-4-18-10/h2-6H,1H3,(H,16,17). The van der Waals surface area contributed by atoms with E-state index in [2.05, 4.69) is 10.1 Å². The highest BCUT2D eigenvalue weighted by atomic mass is 32.1. The van der Waals surface area contributed by atoms with E-state index in [1.165, 1.54) is 17.5 Å². The fraction of sp³-hybridized carbons (Fsp3) is 0.0833. The summed E-state index contributed by atoms with van der Waals surface area (Å²) < 4.78 is 1.56. The molecule has 0 aliphatic heterocycles. The number of nitrogens with zero attached hydrogens (tertiary/aromatic N) is 3. The molecule has 3 aromatic rings. The van der Waals surface area contributed by atoms with Gasteiger partial charge in [-0.2, -0.15) is 5.10 Å². The first kappa shape index (κ1) is 12.1. The van der Waals surface area contributed by atoms with Crippen molar-refractivity contribution in [3.05, 3.63) is 40.3 Å². The highest BCUT2D eigenvalue weighted by molar-refractivity contribution is 7.15. The first-order valence-electron chi connectivity index (χ1n) is 5.44. The van der Waals surface area contributed by atoms with E-state index in [-0.39, 0.29) is 5.56 Å². The molecule has 0 bridgehead atoms. The van der Waals surface area contributed by atoms with Gasteiger partial charge in [0.1, 0.15) is 5.56 Å². The van der Waals surface area contributed by atoms with E-state index in [1.807, 2.05) is 22.9 Å². The molecule has 0 aliphatic carbocycles. The van der Waals surface area contributed by atoms with Crippen molar-refractivity contribution in [2.75, 3.05) is 0 Å². The minimum Gasteiger partial charge on any atom is -0.478 e. The highest BCUT2D eigenvalue weighted by Gasteiger charge is 2.16. The Labute approximate surface area is 116 Å². The number of hydrogen-bond acceptors (Lipinski definition) is 5. The molecule has 19 heavy (non-hydrogen) atoms. The van der Waals surface area contributed by atoms with Crippen LogP contribution in [0.2, 0.25) is 0 Å². The maximum atomic E-state index is 11.0. The van der Waals surface area contributed by atoms with Crippen molar-refractivity contribution in [1.29, 1.82) is 0 Å². The highest BCUT2D eigenvalue weighted by Crippen LogP contribution is 2.28. The summed E-state index contributed by atoms with van der Waals surface area (Å²) in [6.45, 7) is 1.72. The SMILES string of the molecule is Cc1c(C(=O)O)cnn1-c1nc(-c2cccs2)cs1. The number of aromatic nitrogens is 3. The number of thiazole rings is 1. The zero-order valence-electron chi connectivity index (χ0n) is 9.90. The summed E-state index contributed by atoms with van der Waals surface area (Å²) in [6.07, 6.45) is 1.35. The van der Waals surface area contributed by atoms with Crippen LogP contribution in [0.4, 0.5) is 0 Å². The molecular formula is C12H9N3O2S2. The minimum absolute atomic E-state index is 0.202. The van der Waals surface area contributed by atoms with E-state index in [1.54, 1.807) is 22.9 Å². The summed E-state index contributed by atoms with van der Waals surface area (Å²) in [4.78, 5) is 16.6. The third-order valence-electron chi connectivity index (χ3n) is 2.69. The smallest absolute Gasteiger partial charge is 0.339 e. The second kappa shape index (κ2) is 4.60. The topological polar surface area (TPSA) is 68.0 Å². The summed E-state index contributed by atoms with van der Waals surface area (Å²) in [7, 11) is 0. The largest absolute Gasteiger partial charge is 0.478 e. The molecule has 0 amide bonds. The fourth-order valence-corrected chi connectivity index (χ4v) is 3.30. The second-order valence-corrected chi connectivity index (χ2v) is 5.64. The van der Waals surface area contributed by atoms with Crippen LogP contribution in [0.5, 0.6) is 0 Å². The van der Waals surface area contributed by atoms with Gasteiger partial charge >= 0.3 is 5.97 Å². The molecule has 0 aromatic carbocycles. The Kier molecular flexibility index (Phi) is 2.92. The van der Waals surface area contributed by atoms with Crippen LogP contribution in [-0.4, -0.2) is 25.8 Å². The van der Waals surface area contributed by atoms with E-state index in [9.17, 15) is 4.79 Å². The third kappa shape index (κ3) is 2.06. The van der Waals surface area contributed by atoms with Crippen LogP contribution >= 0.6 is 22.7 Å². The monoisotopic (exact) mass is 291 g/mol. The van der Waals surface area contributed by atoms with Crippen LogP contribution < -0.4 is 0 Å². The summed E-state index contributed by atoms with van der Waals surface area (Å²) in [6, 6.07) is 3.98. The van der Waals surface area contributed by atoms with Gasteiger partial charge in [0, 0.05) is 5.38 Å². The summed E-state index contributed by atoms with van der Waals surface area (Å²) >= 11 is 3.06. The van der Waals surface area contributed by atoms with Crippen LogP contribution in [0.3, 0.4) is 0 Å². The summed E-state index contributed by atoms with van der Waals surface area (Å²) in [5, 5.41) is 17.7. The van der Waals surface area contributed by atoms with Gasteiger partial charge in [0.15, 0.2) is 0 Å². The molecule has 0 saturated heterocycles. The van der Waals surface area contributed by atoms with Gasteiger partial charge in [-0.1, -0.05) is 6.07 Å². The molecule has 3 heterocycles. The molecule has 3 aromatic heterocycles. The Hall–Kier alpha value is -1.99. The van der Waals surface area contributed by atoms with Crippen LogP contribution in [0.1, 0.15) is 16.1 Å². The molecule has 0 aliphatic rings. The average molecular weight is 291 g/mol. The predicted octanol–water partition coefficient (Wildman–Crippen LogP) is 3.06. The molecular weight excluding hydrogens is 282 g/mol. The Bertz CT molecular complexity index is 728. The molecule has 1 N–H and O–H groups in total. The molecule has 7 heteroatoms. The Morgan fingerprint density at radius 3 is 2.89 bits per heavy atom. The van der Waals surface area contributed by atoms with Gasteiger partial charge in [-0.05, 0) is 18.4 Å². The third-order valence-corrected chi connectivity index (χ3v) is 4.40. The number of carbonyl (C=O) groups is 1. The molecule has 0 fully saturated rings. The maximum absolute atomic E-state index is 11.0. The number of carboxylic acids is 1. The van der Waals surface area contributed by atoms with Crippen LogP contribution in [0.15, 0.2) is 29.1 Å². The Morgan fingerprint density at radius 2 is 2.26 bits per heavy atom. The fourth-order valence-electron chi connectivity index (χ4n) is 1.71. The molecule has 0 spiro atoms. The van der Waals surface area contributed by atoms with E-state index < -0.39 is 5.97 Å². The van der Waals surface area contributed by atoms with Gasteiger partial charge < -0.3 is 5.11 Å². The van der Waals surface area contributed by atoms with E-state index >= 15 is 0 Å². The first-order chi connectivity index (χ1) is 9.16. The lowest BCUT2D eigenvalue weighted by Gasteiger charge is -1.98. The lowest BCUT2D eigenvalue weighted by atomic mass is 10.3. The van der Waals surface area contributed by atoms with E-state index in [0.29, 0.717) is 10.8 Å². The molecule has 96 valence electrons. The van der Waals surface area contributed by atoms with Crippen molar-refractivity contribution in [2.45, 2.75) is 6.92 Å². The Morgan fingerprint density at radius 1 is 1.42 bits per heavy atom. The van der Waals surface area contributed by atoms with Crippen molar-refractivity contribution in [3.63, 3.8) is 0 Å². The summed E-state index contributed by atoms with van der Waals surface area (Å²) in [5.41, 5.74) is 1.68. The number of thiophene rings is 1. The predicted molar refractivity (Wildman–Crippen MR) is 74.2 cm³/mol. The average Bonchev–Trinajstić information content (AvgIpc) is 3.07. The summed E-state index contributed by atoms with van der Waals surface area (Å²) in [5.74, 6) is -0.973. The lowest BCUT2D eigenvalue weighted by molar-refractivity contribution is 0.0696. The van der Waals surface area contributed by atoms with Crippen molar-refractivity contribution in [2.24, 2.45) is 0 Å². The number of hydrogen-bond donors (Lipinski definition) is 1. The Balaban J connectivity index is 2.02. The van der Waals surface area contributed by atoms with Crippen molar-refractivity contribution < 1.29 is 9.90 Å². The second-order valence-electron chi connectivity index (χ2n) is 3.85. The van der Waals surface area contributed by atoms with Crippen molar-refractivity contribution in [1.82, 2.24) is 14.8 Å². The van der Waals surface area contributed by atoms with Gasteiger partial charge in [0.25, 0.3) is 0 Å². The normalized spacial score (nSPS) is 10.8. The minimum atomic E-state index is -0.973. The van der Waals surface area contributed by atoms with Gasteiger partial charge in [-0.15, -0.1) is 22.7 Å². The van der Waals surface area contributed by atoms with Crippen molar-refractivity contribution in [3.8, 4) is 15.7 Å². The molecule has 5 nitrogen and oxygen atoms in total. The van der Waals surface area contributed by atoms with Crippen LogP contribution in [0, 0.1) is 6.92 Å². The van der Waals surface area contributed by atoms with Gasteiger partial charge in [-0.3, -0.25) is 0 Å². The number of aromatic carboxylic acids is 1. The van der Waals surface area contributed by atoms with Gasteiger partial charge in [0.2, 0.25) is 5.13 Å². The molecule has 0 saturated carbocycles. The van der Waals surface area contributed by atoms with E-state index in [4.69, 9.17) is 5.11 Å². The van der Waals surface area contributed by atoms with Crippen LogP contribution in [-0.2, 0) is 0 Å². The molecule has 3 rings (SSSR count). The zero-order chi connectivity index (χ0) is 13.4. The quantitative estimate of drug-likeness (QED) is 0.805. The van der Waals surface area contributed by atoms with Crippen molar-refractivity contribution >= 4 is 28.6 Å². The van der Waals surface area contributed by atoms with E-state index in [0.717, 1.165) is 10.6 Å². The van der Waals surface area contributed by atoms with Gasteiger partial charge in [-0.25, -0.2) is 14.5 Å². The maximum Gasteiger partial charge on any atom is 0.339 e. The number of carboxylic acid groups (broad SMARTS) is 1. The zero-order valence-corrected chi connectivity index (χ0v) is 11.5. The number of rotatable bonds is 3.